The number of hydrogen-bond donors (Lipinski definition) is 3. The highest BCUT2D eigenvalue weighted by atomic mass is 16.5. The Morgan fingerprint density at radius 1 is 1.04 bits per heavy atom. The number of guanidine groups is 1. The van der Waals surface area contributed by atoms with Crippen molar-refractivity contribution in [1.29, 1.82) is 0 Å². The molecule has 146 valence electrons. The van der Waals surface area contributed by atoms with Crippen molar-refractivity contribution < 1.29 is 14.3 Å². The predicted molar refractivity (Wildman–Crippen MR) is 110 cm³/mol. The van der Waals surface area contributed by atoms with E-state index in [-0.39, 0.29) is 17.9 Å². The van der Waals surface area contributed by atoms with E-state index in [1.807, 2.05) is 30.3 Å². The SMILES string of the molecule is CC(=O)Nc1ccc(C(=O)NC(=NCC2CCCO2)Nc2ccccc2)cc1. The fraction of sp³-hybridized carbons (Fsp3) is 0.286. The van der Waals surface area contributed by atoms with Crippen molar-refractivity contribution in [1.82, 2.24) is 5.32 Å². The molecule has 7 heteroatoms. The minimum absolute atomic E-state index is 0.0846. The van der Waals surface area contributed by atoms with Gasteiger partial charge in [0.15, 0.2) is 0 Å². The summed E-state index contributed by atoms with van der Waals surface area (Å²) in [4.78, 5) is 28.2. The molecule has 1 heterocycles. The summed E-state index contributed by atoms with van der Waals surface area (Å²) in [6.07, 6.45) is 2.09. The van der Waals surface area contributed by atoms with Crippen LogP contribution in [-0.4, -0.2) is 37.0 Å². The Bertz CT molecular complexity index is 828. The topological polar surface area (TPSA) is 91.8 Å². The number of carbonyl (C=O) groups excluding carboxylic acids is 2. The normalized spacial score (nSPS) is 16.5. The average Bonchev–Trinajstić information content (AvgIpc) is 3.20. The Labute approximate surface area is 164 Å². The van der Waals surface area contributed by atoms with E-state index in [1.54, 1.807) is 24.3 Å². The van der Waals surface area contributed by atoms with Crippen molar-refractivity contribution in [2.24, 2.45) is 4.99 Å². The molecule has 3 N–H and O–H groups in total. The lowest BCUT2D eigenvalue weighted by atomic mass is 10.2. The van der Waals surface area contributed by atoms with Crippen molar-refractivity contribution in [2.45, 2.75) is 25.9 Å². The van der Waals surface area contributed by atoms with Crippen LogP contribution < -0.4 is 16.0 Å². The van der Waals surface area contributed by atoms with Gasteiger partial charge in [-0.3, -0.25) is 14.9 Å². The number of nitrogens with one attached hydrogen (secondary N) is 3. The molecule has 1 fully saturated rings. The second kappa shape index (κ2) is 9.66. The quantitative estimate of drug-likeness (QED) is 0.549. The Morgan fingerprint density at radius 2 is 1.75 bits per heavy atom. The Morgan fingerprint density at radius 3 is 2.39 bits per heavy atom. The van der Waals surface area contributed by atoms with Gasteiger partial charge in [-0.1, -0.05) is 18.2 Å². The van der Waals surface area contributed by atoms with Crippen LogP contribution in [0.15, 0.2) is 59.6 Å². The van der Waals surface area contributed by atoms with Crippen LogP contribution in [0.4, 0.5) is 11.4 Å². The van der Waals surface area contributed by atoms with Gasteiger partial charge in [-0.2, -0.15) is 0 Å². The first-order valence-electron chi connectivity index (χ1n) is 9.27. The number of nitrogens with zero attached hydrogens (tertiary/aromatic N) is 1. The molecule has 0 saturated carbocycles. The van der Waals surface area contributed by atoms with Gasteiger partial charge in [0.25, 0.3) is 5.91 Å². The maximum Gasteiger partial charge on any atom is 0.257 e. The Hall–Kier alpha value is -3.19. The summed E-state index contributed by atoms with van der Waals surface area (Å²) in [7, 11) is 0. The summed E-state index contributed by atoms with van der Waals surface area (Å²) in [6.45, 7) is 2.68. The van der Waals surface area contributed by atoms with Gasteiger partial charge < -0.3 is 15.4 Å². The van der Waals surface area contributed by atoms with Crippen LogP contribution >= 0.6 is 0 Å². The van der Waals surface area contributed by atoms with Crippen molar-refractivity contribution >= 4 is 29.1 Å². The van der Waals surface area contributed by atoms with Crippen LogP contribution in [0.5, 0.6) is 0 Å². The lowest BCUT2D eigenvalue weighted by molar-refractivity contribution is -0.114. The van der Waals surface area contributed by atoms with Gasteiger partial charge in [-0.05, 0) is 49.2 Å². The number of para-hydroxylation sites is 1. The van der Waals surface area contributed by atoms with Gasteiger partial charge in [0.1, 0.15) is 0 Å². The molecular formula is C21H24N4O3. The molecule has 0 spiro atoms. The minimum Gasteiger partial charge on any atom is -0.376 e. The van der Waals surface area contributed by atoms with Gasteiger partial charge >= 0.3 is 0 Å². The summed E-state index contributed by atoms with van der Waals surface area (Å²) >= 11 is 0. The van der Waals surface area contributed by atoms with E-state index < -0.39 is 0 Å². The summed E-state index contributed by atoms with van der Waals surface area (Å²) in [6, 6.07) is 16.2. The van der Waals surface area contributed by atoms with Crippen molar-refractivity contribution in [3.63, 3.8) is 0 Å². The highest BCUT2D eigenvalue weighted by Crippen LogP contribution is 2.13. The molecule has 1 aliphatic rings. The third kappa shape index (κ3) is 5.92. The van der Waals surface area contributed by atoms with E-state index in [2.05, 4.69) is 20.9 Å². The van der Waals surface area contributed by atoms with Crippen LogP contribution in [-0.2, 0) is 9.53 Å². The van der Waals surface area contributed by atoms with Crippen LogP contribution in [0.3, 0.4) is 0 Å². The maximum absolute atomic E-state index is 12.6. The molecule has 3 rings (SSSR count). The summed E-state index contributed by atoms with van der Waals surface area (Å²) in [5.41, 5.74) is 1.93. The van der Waals surface area contributed by atoms with E-state index in [4.69, 9.17) is 4.74 Å². The average molecular weight is 380 g/mol. The standard InChI is InChI=1S/C21H24N4O3/c1-15(26)23-18-11-9-16(10-12-18)20(27)25-21(22-14-19-8-5-13-28-19)24-17-6-3-2-4-7-17/h2-4,6-7,9-12,19H,5,8,13-14H2,1H3,(H,23,26)(H2,22,24,25,27). The molecular weight excluding hydrogens is 356 g/mol. The second-order valence-electron chi connectivity index (χ2n) is 6.53. The van der Waals surface area contributed by atoms with Crippen LogP contribution in [0.2, 0.25) is 0 Å². The monoisotopic (exact) mass is 380 g/mol. The number of rotatable bonds is 5. The first kappa shape index (κ1) is 19.6. The van der Waals surface area contributed by atoms with Crippen LogP contribution in [0.1, 0.15) is 30.1 Å². The van der Waals surface area contributed by atoms with Crippen molar-refractivity contribution in [2.75, 3.05) is 23.8 Å². The molecule has 0 aliphatic carbocycles. The first-order chi connectivity index (χ1) is 13.6. The molecule has 0 aromatic heterocycles. The number of hydrogen-bond acceptors (Lipinski definition) is 4. The lowest BCUT2D eigenvalue weighted by Gasteiger charge is -2.13. The third-order valence-electron chi connectivity index (χ3n) is 4.21. The summed E-state index contributed by atoms with van der Waals surface area (Å²) < 4.78 is 5.61. The molecule has 2 amide bonds. The van der Waals surface area contributed by atoms with Crippen molar-refractivity contribution in [3.05, 3.63) is 60.2 Å². The largest absolute Gasteiger partial charge is 0.376 e. The molecule has 1 aliphatic heterocycles. The van der Waals surface area contributed by atoms with Gasteiger partial charge in [0.05, 0.1) is 12.6 Å². The molecule has 28 heavy (non-hydrogen) atoms. The fourth-order valence-corrected chi connectivity index (χ4v) is 2.84. The zero-order chi connectivity index (χ0) is 19.8. The molecule has 2 aromatic rings. The van der Waals surface area contributed by atoms with Gasteiger partial charge in [0, 0.05) is 30.5 Å². The van der Waals surface area contributed by atoms with E-state index in [1.165, 1.54) is 6.92 Å². The summed E-state index contributed by atoms with van der Waals surface area (Å²) in [5, 5.41) is 8.64. The third-order valence-corrected chi connectivity index (χ3v) is 4.21. The second-order valence-corrected chi connectivity index (χ2v) is 6.53. The smallest absolute Gasteiger partial charge is 0.257 e. The molecule has 0 bridgehead atoms. The number of aliphatic imine (C=N–C) groups is 1. The van der Waals surface area contributed by atoms with Crippen molar-refractivity contribution in [3.8, 4) is 0 Å². The summed E-state index contributed by atoms with van der Waals surface area (Å²) in [5.74, 6) is -0.0747. The molecule has 2 aromatic carbocycles. The van der Waals surface area contributed by atoms with Crippen LogP contribution in [0, 0.1) is 0 Å². The van der Waals surface area contributed by atoms with E-state index in [9.17, 15) is 9.59 Å². The number of carbonyl (C=O) groups is 2. The number of ether oxygens (including phenoxy) is 1. The molecule has 0 radical (unpaired) electrons. The van der Waals surface area contributed by atoms with Gasteiger partial charge in [0.2, 0.25) is 11.9 Å². The minimum atomic E-state index is -0.288. The molecule has 1 atom stereocenters. The molecule has 1 unspecified atom stereocenters. The molecule has 1 saturated heterocycles. The Balaban J connectivity index is 1.69. The fourth-order valence-electron chi connectivity index (χ4n) is 2.84. The number of anilines is 2. The molecule has 7 nitrogen and oxygen atoms in total. The van der Waals surface area contributed by atoms with E-state index in [0.29, 0.717) is 23.8 Å². The highest BCUT2D eigenvalue weighted by Gasteiger charge is 2.16. The lowest BCUT2D eigenvalue weighted by Crippen LogP contribution is -2.36. The Kier molecular flexibility index (Phi) is 6.75. The zero-order valence-corrected chi connectivity index (χ0v) is 15.8. The van der Waals surface area contributed by atoms with Crippen LogP contribution in [0.25, 0.3) is 0 Å². The predicted octanol–water partition coefficient (Wildman–Crippen LogP) is 3.02. The zero-order valence-electron chi connectivity index (χ0n) is 15.8. The maximum atomic E-state index is 12.6. The number of amides is 2. The number of benzene rings is 2. The van der Waals surface area contributed by atoms with Gasteiger partial charge in [-0.25, -0.2) is 4.99 Å². The van der Waals surface area contributed by atoms with E-state index >= 15 is 0 Å². The highest BCUT2D eigenvalue weighted by molar-refractivity contribution is 6.10. The van der Waals surface area contributed by atoms with E-state index in [0.717, 1.165) is 25.1 Å². The van der Waals surface area contributed by atoms with Gasteiger partial charge in [-0.15, -0.1) is 0 Å². The first-order valence-corrected chi connectivity index (χ1v) is 9.27.